The smallest absolute Gasteiger partial charge is 0.303 e. The standard InChI is InChI=1S/C19H17FO4S/c1-25(23,24)13-17-5-3-2-4-15(17)8-6-14-7-9-16(18(20)12-14)10-11-19(21)22/h2-5,7,9,12H,10-11,13H2,1H3,(H,21,22). The lowest BCUT2D eigenvalue weighted by Gasteiger charge is -2.03. The monoisotopic (exact) mass is 360 g/mol. The molecule has 2 rings (SSSR count). The molecule has 0 unspecified atom stereocenters. The number of halogens is 1. The number of aliphatic carboxylic acids is 1. The normalized spacial score (nSPS) is 10.8. The van der Waals surface area contributed by atoms with Gasteiger partial charge in [-0.3, -0.25) is 4.79 Å². The molecule has 0 heterocycles. The van der Waals surface area contributed by atoms with E-state index in [0.29, 0.717) is 22.3 Å². The van der Waals surface area contributed by atoms with Gasteiger partial charge in [0.25, 0.3) is 0 Å². The van der Waals surface area contributed by atoms with E-state index < -0.39 is 21.6 Å². The summed E-state index contributed by atoms with van der Waals surface area (Å²) in [6.45, 7) is 0. The Morgan fingerprint density at radius 3 is 2.48 bits per heavy atom. The van der Waals surface area contributed by atoms with Gasteiger partial charge in [0, 0.05) is 23.8 Å². The Labute approximate surface area is 146 Å². The van der Waals surface area contributed by atoms with E-state index in [2.05, 4.69) is 11.8 Å². The SMILES string of the molecule is CS(=O)(=O)Cc1ccccc1C#Cc1ccc(CCC(=O)O)c(F)c1. The van der Waals surface area contributed by atoms with E-state index in [0.717, 1.165) is 6.26 Å². The first-order chi connectivity index (χ1) is 11.7. The molecule has 0 atom stereocenters. The summed E-state index contributed by atoms with van der Waals surface area (Å²) in [7, 11) is -3.18. The Morgan fingerprint density at radius 1 is 1.12 bits per heavy atom. The number of carbonyl (C=O) groups is 1. The van der Waals surface area contributed by atoms with Gasteiger partial charge in [0.15, 0.2) is 9.84 Å². The minimum absolute atomic E-state index is 0.111. The van der Waals surface area contributed by atoms with Crippen molar-refractivity contribution in [3.8, 4) is 11.8 Å². The molecule has 0 aliphatic heterocycles. The number of sulfone groups is 1. The molecule has 130 valence electrons. The zero-order valence-corrected chi connectivity index (χ0v) is 14.4. The Bertz CT molecular complexity index is 953. The van der Waals surface area contributed by atoms with E-state index >= 15 is 0 Å². The van der Waals surface area contributed by atoms with Crippen molar-refractivity contribution in [1.29, 1.82) is 0 Å². The lowest BCUT2D eigenvalue weighted by molar-refractivity contribution is -0.136. The molecule has 6 heteroatoms. The lowest BCUT2D eigenvalue weighted by Crippen LogP contribution is -2.02. The summed E-state index contributed by atoms with van der Waals surface area (Å²) in [4.78, 5) is 10.6. The van der Waals surface area contributed by atoms with Gasteiger partial charge < -0.3 is 5.11 Å². The van der Waals surface area contributed by atoms with Crippen LogP contribution in [-0.2, 0) is 26.8 Å². The Balaban J connectivity index is 2.24. The summed E-state index contributed by atoms with van der Waals surface area (Å²) >= 11 is 0. The molecule has 0 aliphatic carbocycles. The molecule has 0 spiro atoms. The molecule has 0 saturated heterocycles. The van der Waals surface area contributed by atoms with Crippen LogP contribution in [0.3, 0.4) is 0 Å². The molecule has 0 saturated carbocycles. The average Bonchev–Trinajstić information content (AvgIpc) is 2.51. The van der Waals surface area contributed by atoms with Crippen LogP contribution >= 0.6 is 0 Å². The quantitative estimate of drug-likeness (QED) is 0.833. The first kappa shape index (κ1) is 18.7. The molecule has 4 nitrogen and oxygen atoms in total. The Kier molecular flexibility index (Phi) is 5.94. The van der Waals surface area contributed by atoms with Gasteiger partial charge in [-0.25, -0.2) is 12.8 Å². The minimum Gasteiger partial charge on any atom is -0.481 e. The zero-order valence-electron chi connectivity index (χ0n) is 13.6. The van der Waals surface area contributed by atoms with Gasteiger partial charge in [-0.05, 0) is 35.7 Å². The fourth-order valence-corrected chi connectivity index (χ4v) is 3.08. The highest BCUT2D eigenvalue weighted by Gasteiger charge is 2.08. The number of carboxylic acid groups (broad SMARTS) is 1. The lowest BCUT2D eigenvalue weighted by atomic mass is 10.1. The first-order valence-corrected chi connectivity index (χ1v) is 9.58. The maximum absolute atomic E-state index is 14.0. The number of aryl methyl sites for hydroxylation is 1. The van der Waals surface area contributed by atoms with Crippen LogP contribution in [0.1, 0.15) is 28.7 Å². The van der Waals surface area contributed by atoms with Crippen molar-refractivity contribution < 1.29 is 22.7 Å². The summed E-state index contributed by atoms with van der Waals surface area (Å²) < 4.78 is 36.9. The van der Waals surface area contributed by atoms with E-state index in [1.807, 2.05) is 0 Å². The van der Waals surface area contributed by atoms with Crippen LogP contribution in [0.4, 0.5) is 4.39 Å². The molecule has 0 amide bonds. The van der Waals surface area contributed by atoms with E-state index in [1.54, 1.807) is 30.3 Å². The van der Waals surface area contributed by atoms with Crippen LogP contribution < -0.4 is 0 Å². The fourth-order valence-electron chi connectivity index (χ4n) is 2.26. The predicted molar refractivity (Wildman–Crippen MR) is 93.3 cm³/mol. The summed E-state index contributed by atoms with van der Waals surface area (Å²) in [6, 6.07) is 11.3. The summed E-state index contributed by atoms with van der Waals surface area (Å²) in [5.74, 6) is 4.10. The van der Waals surface area contributed by atoms with Crippen LogP contribution in [0, 0.1) is 17.7 Å². The molecule has 2 aromatic rings. The van der Waals surface area contributed by atoms with Gasteiger partial charge in [-0.2, -0.15) is 0 Å². The van der Waals surface area contributed by atoms with E-state index in [9.17, 15) is 17.6 Å². The van der Waals surface area contributed by atoms with Crippen LogP contribution in [-0.4, -0.2) is 25.7 Å². The second-order valence-electron chi connectivity index (χ2n) is 5.68. The van der Waals surface area contributed by atoms with Gasteiger partial charge in [0.05, 0.1) is 5.75 Å². The topological polar surface area (TPSA) is 71.4 Å². The number of carboxylic acids is 1. The average molecular weight is 360 g/mol. The van der Waals surface area contributed by atoms with E-state index in [-0.39, 0.29) is 18.6 Å². The van der Waals surface area contributed by atoms with Gasteiger partial charge in [0.2, 0.25) is 0 Å². The Morgan fingerprint density at radius 2 is 1.84 bits per heavy atom. The molecule has 2 aromatic carbocycles. The van der Waals surface area contributed by atoms with Gasteiger partial charge in [-0.15, -0.1) is 0 Å². The molecule has 0 aliphatic rings. The van der Waals surface area contributed by atoms with E-state index in [4.69, 9.17) is 5.11 Å². The minimum atomic E-state index is -3.18. The van der Waals surface area contributed by atoms with Gasteiger partial charge in [0.1, 0.15) is 5.82 Å². The van der Waals surface area contributed by atoms with Crippen molar-refractivity contribution in [2.24, 2.45) is 0 Å². The third kappa shape index (κ3) is 6.05. The van der Waals surface area contributed by atoms with Crippen LogP contribution in [0.15, 0.2) is 42.5 Å². The third-order valence-corrected chi connectivity index (χ3v) is 4.27. The second-order valence-corrected chi connectivity index (χ2v) is 7.82. The van der Waals surface area contributed by atoms with Crippen LogP contribution in [0.25, 0.3) is 0 Å². The first-order valence-electron chi connectivity index (χ1n) is 7.52. The van der Waals surface area contributed by atoms with Crippen molar-refractivity contribution >= 4 is 15.8 Å². The number of hydrogen-bond acceptors (Lipinski definition) is 3. The highest BCUT2D eigenvalue weighted by molar-refractivity contribution is 7.89. The van der Waals surface area contributed by atoms with Crippen molar-refractivity contribution in [2.75, 3.05) is 6.26 Å². The fraction of sp³-hybridized carbons (Fsp3) is 0.211. The largest absolute Gasteiger partial charge is 0.481 e. The number of rotatable bonds is 5. The maximum atomic E-state index is 14.0. The molecule has 0 fully saturated rings. The van der Waals surface area contributed by atoms with Crippen molar-refractivity contribution in [3.63, 3.8) is 0 Å². The second kappa shape index (κ2) is 7.95. The van der Waals surface area contributed by atoms with Crippen LogP contribution in [0.2, 0.25) is 0 Å². The van der Waals surface area contributed by atoms with Crippen molar-refractivity contribution in [2.45, 2.75) is 18.6 Å². The highest BCUT2D eigenvalue weighted by atomic mass is 32.2. The predicted octanol–water partition coefficient (Wildman–Crippen LogP) is 2.79. The van der Waals surface area contributed by atoms with Crippen LogP contribution in [0.5, 0.6) is 0 Å². The van der Waals surface area contributed by atoms with Crippen molar-refractivity contribution in [3.05, 3.63) is 70.5 Å². The number of hydrogen-bond donors (Lipinski definition) is 1. The molecule has 0 aromatic heterocycles. The third-order valence-electron chi connectivity index (χ3n) is 3.44. The molecule has 0 bridgehead atoms. The van der Waals surface area contributed by atoms with Gasteiger partial charge >= 0.3 is 5.97 Å². The highest BCUT2D eigenvalue weighted by Crippen LogP contribution is 2.14. The molecular formula is C19H17FO4S. The molecule has 1 N–H and O–H groups in total. The number of benzene rings is 2. The zero-order chi connectivity index (χ0) is 18.4. The summed E-state index contributed by atoms with van der Waals surface area (Å²) in [6.07, 6.45) is 1.13. The van der Waals surface area contributed by atoms with E-state index in [1.165, 1.54) is 12.1 Å². The molecule has 0 radical (unpaired) electrons. The summed E-state index contributed by atoms with van der Waals surface area (Å²) in [5, 5.41) is 8.65. The molecular weight excluding hydrogens is 343 g/mol. The van der Waals surface area contributed by atoms with Gasteiger partial charge in [-0.1, -0.05) is 36.1 Å². The summed E-state index contributed by atoms with van der Waals surface area (Å²) in [5.41, 5.74) is 1.93. The van der Waals surface area contributed by atoms with Crippen molar-refractivity contribution in [1.82, 2.24) is 0 Å². The maximum Gasteiger partial charge on any atom is 0.303 e. The molecule has 25 heavy (non-hydrogen) atoms. The Hall–Kier alpha value is -2.65.